The fourth-order valence-corrected chi connectivity index (χ4v) is 2.38. The van der Waals surface area contributed by atoms with Crippen molar-refractivity contribution in [2.24, 2.45) is 5.41 Å². The average Bonchev–Trinajstić information content (AvgIpc) is 2.90. The molecule has 0 bridgehead atoms. The van der Waals surface area contributed by atoms with Crippen molar-refractivity contribution in [1.82, 2.24) is 20.0 Å². The van der Waals surface area contributed by atoms with Gasteiger partial charge in [0.1, 0.15) is 11.3 Å². The normalized spacial score (nSPS) is 14.6. The van der Waals surface area contributed by atoms with Gasteiger partial charge in [-0.2, -0.15) is 5.10 Å². The largest absolute Gasteiger partial charge is 0.480 e. The molecule has 0 spiro atoms. The molecule has 0 saturated heterocycles. The quantitative estimate of drug-likeness (QED) is 0.883. The molecular formula is C18H30N4O4. The Kier molecular flexibility index (Phi) is 5.83. The Bertz CT molecular complexity index is 655. The highest BCUT2D eigenvalue weighted by atomic mass is 16.6. The van der Waals surface area contributed by atoms with Gasteiger partial charge in [0.15, 0.2) is 12.4 Å². The number of hydrogen-bond donors (Lipinski definition) is 1. The minimum Gasteiger partial charge on any atom is -0.480 e. The fraction of sp³-hybridized carbons (Fsp3) is 0.722. The van der Waals surface area contributed by atoms with Crippen LogP contribution in [0.25, 0.3) is 0 Å². The van der Waals surface area contributed by atoms with E-state index in [0.29, 0.717) is 31.9 Å². The Morgan fingerprint density at radius 1 is 1.19 bits per heavy atom. The maximum Gasteiger partial charge on any atom is 0.410 e. The molecule has 2 amide bonds. The molecule has 0 aromatic carbocycles. The molecule has 1 aliphatic heterocycles. The Labute approximate surface area is 154 Å². The van der Waals surface area contributed by atoms with Crippen molar-refractivity contribution in [1.29, 1.82) is 0 Å². The van der Waals surface area contributed by atoms with Gasteiger partial charge >= 0.3 is 6.09 Å². The zero-order valence-corrected chi connectivity index (χ0v) is 16.6. The van der Waals surface area contributed by atoms with E-state index >= 15 is 0 Å². The molecule has 146 valence electrons. The minimum absolute atomic E-state index is 0.0143. The van der Waals surface area contributed by atoms with E-state index in [4.69, 9.17) is 9.47 Å². The van der Waals surface area contributed by atoms with E-state index < -0.39 is 5.60 Å². The maximum absolute atomic E-state index is 12.3. The zero-order valence-electron chi connectivity index (χ0n) is 16.6. The summed E-state index contributed by atoms with van der Waals surface area (Å²) in [4.78, 5) is 25.8. The van der Waals surface area contributed by atoms with Crippen LogP contribution in [0.1, 0.15) is 47.2 Å². The SMILES string of the molecule is CC(C)(C)CNC(=O)COc1cnn2c1CN(C(=O)OC(C)(C)C)CC2. The predicted molar refractivity (Wildman–Crippen MR) is 96.8 cm³/mol. The van der Waals surface area contributed by atoms with Gasteiger partial charge in [0.25, 0.3) is 5.91 Å². The summed E-state index contributed by atoms with van der Waals surface area (Å²) in [6.07, 6.45) is 1.23. The standard InChI is InChI=1S/C18H30N4O4/c1-17(2,3)12-19-15(23)11-25-14-9-20-22-8-7-21(10-13(14)22)16(24)26-18(4,5)6/h9H,7-8,10-12H2,1-6H3,(H,19,23). The second-order valence-electron chi connectivity index (χ2n) is 8.71. The molecule has 0 aliphatic carbocycles. The zero-order chi connectivity index (χ0) is 19.5. The number of nitrogens with zero attached hydrogens (tertiary/aromatic N) is 3. The number of fused-ring (bicyclic) bond motifs is 1. The molecule has 2 heterocycles. The van der Waals surface area contributed by atoms with E-state index in [-0.39, 0.29) is 24.0 Å². The van der Waals surface area contributed by atoms with Gasteiger partial charge in [0, 0.05) is 13.1 Å². The van der Waals surface area contributed by atoms with Crippen LogP contribution >= 0.6 is 0 Å². The maximum atomic E-state index is 12.3. The van der Waals surface area contributed by atoms with E-state index in [9.17, 15) is 9.59 Å². The van der Waals surface area contributed by atoms with Crippen molar-refractivity contribution in [2.75, 3.05) is 19.7 Å². The summed E-state index contributed by atoms with van der Waals surface area (Å²) < 4.78 is 12.8. The number of amides is 2. The lowest BCUT2D eigenvalue weighted by Crippen LogP contribution is -2.41. The summed E-state index contributed by atoms with van der Waals surface area (Å²) in [5.41, 5.74) is 0.241. The molecule has 26 heavy (non-hydrogen) atoms. The van der Waals surface area contributed by atoms with Crippen molar-refractivity contribution in [3.05, 3.63) is 11.9 Å². The Morgan fingerprint density at radius 3 is 2.50 bits per heavy atom. The minimum atomic E-state index is -0.542. The van der Waals surface area contributed by atoms with Gasteiger partial charge in [-0.1, -0.05) is 20.8 Å². The van der Waals surface area contributed by atoms with E-state index in [1.165, 1.54) is 0 Å². The van der Waals surface area contributed by atoms with E-state index in [1.54, 1.807) is 15.8 Å². The Morgan fingerprint density at radius 2 is 1.88 bits per heavy atom. The van der Waals surface area contributed by atoms with Crippen molar-refractivity contribution >= 4 is 12.0 Å². The topological polar surface area (TPSA) is 85.7 Å². The van der Waals surface area contributed by atoms with Gasteiger partial charge in [0.2, 0.25) is 0 Å². The molecule has 1 aromatic rings. The summed E-state index contributed by atoms with van der Waals surface area (Å²) in [6.45, 7) is 13.6. The van der Waals surface area contributed by atoms with Crippen molar-refractivity contribution in [3.63, 3.8) is 0 Å². The van der Waals surface area contributed by atoms with Gasteiger partial charge < -0.3 is 19.7 Å². The first-order chi connectivity index (χ1) is 11.9. The van der Waals surface area contributed by atoms with Crippen molar-refractivity contribution in [3.8, 4) is 5.75 Å². The highest BCUT2D eigenvalue weighted by Crippen LogP contribution is 2.24. The van der Waals surface area contributed by atoms with Crippen LogP contribution in [0.5, 0.6) is 5.75 Å². The fourth-order valence-electron chi connectivity index (χ4n) is 2.38. The number of ether oxygens (including phenoxy) is 2. The van der Waals surface area contributed by atoms with Crippen LogP contribution in [-0.2, 0) is 22.6 Å². The summed E-state index contributed by atoms with van der Waals surface area (Å²) >= 11 is 0. The van der Waals surface area contributed by atoms with Gasteiger partial charge in [0.05, 0.1) is 19.3 Å². The first-order valence-electron chi connectivity index (χ1n) is 8.87. The molecule has 0 saturated carbocycles. The predicted octanol–water partition coefficient (Wildman–Crippen LogP) is 2.17. The monoisotopic (exact) mass is 366 g/mol. The van der Waals surface area contributed by atoms with E-state index in [1.807, 2.05) is 41.5 Å². The van der Waals surface area contributed by atoms with Crippen LogP contribution in [0.3, 0.4) is 0 Å². The molecular weight excluding hydrogens is 336 g/mol. The lowest BCUT2D eigenvalue weighted by Gasteiger charge is -2.30. The van der Waals surface area contributed by atoms with Crippen molar-refractivity contribution < 1.29 is 19.1 Å². The summed E-state index contributed by atoms with van der Waals surface area (Å²) in [5.74, 6) is 0.337. The molecule has 8 nitrogen and oxygen atoms in total. The lowest BCUT2D eigenvalue weighted by molar-refractivity contribution is -0.123. The van der Waals surface area contributed by atoms with Gasteiger partial charge in [-0.05, 0) is 26.2 Å². The number of carbonyl (C=O) groups excluding carboxylic acids is 2. The summed E-state index contributed by atoms with van der Waals surface area (Å²) in [5, 5.41) is 7.11. The Hall–Kier alpha value is -2.25. The van der Waals surface area contributed by atoms with Crippen LogP contribution in [0, 0.1) is 5.41 Å². The number of hydrogen-bond acceptors (Lipinski definition) is 5. The van der Waals surface area contributed by atoms with Gasteiger partial charge in [-0.3, -0.25) is 9.48 Å². The number of aromatic nitrogens is 2. The third kappa shape index (κ3) is 5.93. The molecule has 8 heteroatoms. The summed E-state index contributed by atoms with van der Waals surface area (Å²) in [6, 6.07) is 0. The third-order valence-electron chi connectivity index (χ3n) is 3.66. The molecule has 1 aliphatic rings. The second kappa shape index (κ2) is 7.55. The summed E-state index contributed by atoms with van der Waals surface area (Å²) in [7, 11) is 0. The number of nitrogens with one attached hydrogen (secondary N) is 1. The number of carbonyl (C=O) groups is 2. The molecule has 0 atom stereocenters. The highest BCUT2D eigenvalue weighted by molar-refractivity contribution is 5.77. The van der Waals surface area contributed by atoms with Crippen LogP contribution < -0.4 is 10.1 Å². The Balaban J connectivity index is 1.93. The van der Waals surface area contributed by atoms with Crippen LogP contribution in [0.15, 0.2) is 6.20 Å². The molecule has 0 radical (unpaired) electrons. The average molecular weight is 366 g/mol. The van der Waals surface area contributed by atoms with E-state index in [2.05, 4.69) is 10.4 Å². The van der Waals surface area contributed by atoms with Crippen molar-refractivity contribution in [2.45, 2.75) is 60.2 Å². The lowest BCUT2D eigenvalue weighted by atomic mass is 9.97. The van der Waals surface area contributed by atoms with Gasteiger partial charge in [-0.15, -0.1) is 0 Å². The second-order valence-corrected chi connectivity index (χ2v) is 8.71. The highest BCUT2D eigenvalue weighted by Gasteiger charge is 2.28. The van der Waals surface area contributed by atoms with Crippen LogP contribution in [0.4, 0.5) is 4.79 Å². The first-order valence-corrected chi connectivity index (χ1v) is 8.87. The third-order valence-corrected chi connectivity index (χ3v) is 3.66. The molecule has 1 aromatic heterocycles. The van der Waals surface area contributed by atoms with Crippen LogP contribution in [0.2, 0.25) is 0 Å². The van der Waals surface area contributed by atoms with Gasteiger partial charge in [-0.25, -0.2) is 4.79 Å². The van der Waals surface area contributed by atoms with Crippen LogP contribution in [-0.4, -0.2) is 52.0 Å². The molecule has 2 rings (SSSR count). The first kappa shape index (κ1) is 20.1. The molecule has 0 unspecified atom stereocenters. The molecule has 1 N–H and O–H groups in total. The number of rotatable bonds is 4. The smallest absolute Gasteiger partial charge is 0.410 e. The molecule has 0 fully saturated rings. The van der Waals surface area contributed by atoms with E-state index in [0.717, 1.165) is 5.69 Å².